The van der Waals surface area contributed by atoms with E-state index < -0.39 is 5.97 Å². The molecule has 0 unspecified atom stereocenters. The zero-order valence-electron chi connectivity index (χ0n) is 12.9. The molecule has 0 bridgehead atoms. The van der Waals surface area contributed by atoms with E-state index in [4.69, 9.17) is 4.74 Å². The van der Waals surface area contributed by atoms with Crippen molar-refractivity contribution in [3.05, 3.63) is 59.9 Å². The van der Waals surface area contributed by atoms with Gasteiger partial charge < -0.3 is 9.84 Å². The van der Waals surface area contributed by atoms with Crippen LogP contribution in [-0.4, -0.2) is 33.5 Å². The van der Waals surface area contributed by atoms with E-state index in [1.165, 1.54) is 0 Å². The minimum atomic E-state index is -0.722. The van der Waals surface area contributed by atoms with Crippen molar-refractivity contribution in [2.75, 3.05) is 6.54 Å². The lowest BCUT2D eigenvalue weighted by Gasteiger charge is -2.21. The van der Waals surface area contributed by atoms with E-state index in [-0.39, 0.29) is 6.04 Å². The van der Waals surface area contributed by atoms with Gasteiger partial charge in [-0.25, -0.2) is 0 Å². The fourth-order valence-electron chi connectivity index (χ4n) is 2.87. The number of hydrogen-bond acceptors (Lipinski definition) is 4. The molecule has 1 atom stereocenters. The number of benzene rings is 1. The van der Waals surface area contributed by atoms with Crippen LogP contribution in [-0.2, 0) is 17.9 Å². The molecule has 1 aliphatic heterocycles. The third-order valence-electron chi connectivity index (χ3n) is 4.11. The Morgan fingerprint density at radius 2 is 1.91 bits per heavy atom. The maximum Gasteiger partial charge on any atom is 0.320 e. The smallest absolute Gasteiger partial charge is 0.320 e. The summed E-state index contributed by atoms with van der Waals surface area (Å²) >= 11 is 0. The third kappa shape index (κ3) is 4.07. The summed E-state index contributed by atoms with van der Waals surface area (Å²) in [5.41, 5.74) is 2.18. The minimum Gasteiger partial charge on any atom is -0.489 e. The first-order valence-electron chi connectivity index (χ1n) is 7.80. The highest BCUT2D eigenvalue weighted by atomic mass is 16.5. The van der Waals surface area contributed by atoms with Crippen molar-refractivity contribution in [2.24, 2.45) is 0 Å². The van der Waals surface area contributed by atoms with Gasteiger partial charge in [0.2, 0.25) is 0 Å². The molecule has 5 heteroatoms. The first kappa shape index (κ1) is 15.5. The second-order valence-electron chi connectivity index (χ2n) is 5.75. The van der Waals surface area contributed by atoms with Gasteiger partial charge in [-0.2, -0.15) is 0 Å². The molecule has 5 nitrogen and oxygen atoms in total. The van der Waals surface area contributed by atoms with Crippen LogP contribution < -0.4 is 4.74 Å². The molecular formula is C18H20N2O3. The summed E-state index contributed by atoms with van der Waals surface area (Å²) in [6.07, 6.45) is 5.18. The van der Waals surface area contributed by atoms with Crippen LogP contribution in [0.2, 0.25) is 0 Å². The van der Waals surface area contributed by atoms with Crippen molar-refractivity contribution >= 4 is 5.97 Å². The van der Waals surface area contributed by atoms with Crippen LogP contribution in [0.15, 0.2) is 48.8 Å². The van der Waals surface area contributed by atoms with Crippen molar-refractivity contribution in [1.29, 1.82) is 0 Å². The number of hydrogen-bond donors (Lipinski definition) is 1. The van der Waals surface area contributed by atoms with E-state index in [1.54, 1.807) is 12.4 Å². The molecule has 0 amide bonds. The van der Waals surface area contributed by atoms with Crippen LogP contribution in [0.4, 0.5) is 0 Å². The maximum atomic E-state index is 11.2. The van der Waals surface area contributed by atoms with Crippen LogP contribution in [0.5, 0.6) is 5.75 Å². The highest BCUT2D eigenvalue weighted by Gasteiger charge is 2.30. The Morgan fingerprint density at radius 3 is 2.61 bits per heavy atom. The van der Waals surface area contributed by atoms with Gasteiger partial charge in [0.05, 0.1) is 0 Å². The van der Waals surface area contributed by atoms with E-state index in [0.717, 1.165) is 36.3 Å². The average molecular weight is 312 g/mol. The molecule has 1 aliphatic rings. The van der Waals surface area contributed by atoms with Crippen molar-refractivity contribution in [2.45, 2.75) is 32.0 Å². The molecule has 3 rings (SSSR count). The van der Waals surface area contributed by atoms with Crippen molar-refractivity contribution in [3.63, 3.8) is 0 Å². The molecule has 2 aromatic rings. The normalized spacial score (nSPS) is 18.0. The van der Waals surface area contributed by atoms with Gasteiger partial charge in [-0.3, -0.25) is 14.7 Å². The predicted molar refractivity (Wildman–Crippen MR) is 86.1 cm³/mol. The predicted octanol–water partition coefficient (Wildman–Crippen LogP) is 2.71. The lowest BCUT2D eigenvalue weighted by atomic mass is 10.2. The monoisotopic (exact) mass is 312 g/mol. The first-order chi connectivity index (χ1) is 11.2. The van der Waals surface area contributed by atoms with Crippen LogP contribution in [0.3, 0.4) is 0 Å². The van der Waals surface area contributed by atoms with Gasteiger partial charge in [-0.05, 0) is 54.8 Å². The minimum absolute atomic E-state index is 0.349. The van der Waals surface area contributed by atoms with E-state index in [0.29, 0.717) is 13.2 Å². The SMILES string of the molecule is O=C(O)[C@H]1CCCN1Cc1ccc(OCc2ccncc2)cc1. The zero-order chi connectivity index (χ0) is 16.1. The second-order valence-corrected chi connectivity index (χ2v) is 5.75. The third-order valence-corrected chi connectivity index (χ3v) is 4.11. The fourth-order valence-corrected chi connectivity index (χ4v) is 2.87. The number of nitrogens with zero attached hydrogens (tertiary/aromatic N) is 2. The molecule has 0 aliphatic carbocycles. The Labute approximate surface area is 135 Å². The standard InChI is InChI=1S/C18H20N2O3/c21-18(22)17-2-1-11-20(17)12-14-3-5-16(6-4-14)23-13-15-7-9-19-10-8-15/h3-10,17H,1-2,11-13H2,(H,21,22)/t17-/m1/s1. The number of aromatic nitrogens is 1. The number of carboxylic acids is 1. The van der Waals surface area contributed by atoms with Gasteiger partial charge in [0.25, 0.3) is 0 Å². The topological polar surface area (TPSA) is 62.7 Å². The van der Waals surface area contributed by atoms with E-state index in [1.807, 2.05) is 41.3 Å². The summed E-state index contributed by atoms with van der Waals surface area (Å²) < 4.78 is 5.74. The Bertz CT molecular complexity index is 643. The van der Waals surface area contributed by atoms with E-state index in [2.05, 4.69) is 4.98 Å². The van der Waals surface area contributed by atoms with Gasteiger partial charge in [-0.1, -0.05) is 12.1 Å². The Kier molecular flexibility index (Phi) is 4.88. The molecule has 23 heavy (non-hydrogen) atoms. The van der Waals surface area contributed by atoms with Gasteiger partial charge in [0.15, 0.2) is 0 Å². The number of carboxylic acid groups (broad SMARTS) is 1. The lowest BCUT2D eigenvalue weighted by molar-refractivity contribution is -0.142. The average Bonchev–Trinajstić information content (AvgIpc) is 3.04. The van der Waals surface area contributed by atoms with Crippen LogP contribution in [0, 0.1) is 0 Å². The number of pyridine rings is 1. The first-order valence-corrected chi connectivity index (χ1v) is 7.80. The van der Waals surface area contributed by atoms with E-state index in [9.17, 15) is 9.90 Å². The zero-order valence-corrected chi connectivity index (χ0v) is 12.9. The Hall–Kier alpha value is -2.40. The quantitative estimate of drug-likeness (QED) is 0.888. The highest BCUT2D eigenvalue weighted by Crippen LogP contribution is 2.21. The summed E-state index contributed by atoms with van der Waals surface area (Å²) in [4.78, 5) is 17.2. The summed E-state index contributed by atoms with van der Waals surface area (Å²) in [5.74, 6) is 0.0848. The largest absolute Gasteiger partial charge is 0.489 e. The molecule has 0 saturated carbocycles. The van der Waals surface area contributed by atoms with Crippen molar-refractivity contribution in [1.82, 2.24) is 9.88 Å². The molecule has 120 valence electrons. The number of likely N-dealkylation sites (tertiary alicyclic amines) is 1. The Morgan fingerprint density at radius 1 is 1.17 bits per heavy atom. The summed E-state index contributed by atoms with van der Waals surface area (Å²) in [6.45, 7) is 2.02. The number of ether oxygens (including phenoxy) is 1. The second kappa shape index (κ2) is 7.24. The molecule has 2 heterocycles. The van der Waals surface area contributed by atoms with Crippen LogP contribution in [0.25, 0.3) is 0 Å². The van der Waals surface area contributed by atoms with Crippen LogP contribution in [0.1, 0.15) is 24.0 Å². The molecule has 0 radical (unpaired) electrons. The van der Waals surface area contributed by atoms with Gasteiger partial charge in [0.1, 0.15) is 18.4 Å². The number of carbonyl (C=O) groups is 1. The maximum absolute atomic E-state index is 11.2. The van der Waals surface area contributed by atoms with Crippen LogP contribution >= 0.6 is 0 Å². The van der Waals surface area contributed by atoms with Gasteiger partial charge in [0, 0.05) is 18.9 Å². The summed E-state index contributed by atoms with van der Waals surface area (Å²) in [5, 5.41) is 9.22. The lowest BCUT2D eigenvalue weighted by Crippen LogP contribution is -2.35. The molecular weight excluding hydrogens is 292 g/mol. The van der Waals surface area contributed by atoms with Gasteiger partial charge >= 0.3 is 5.97 Å². The highest BCUT2D eigenvalue weighted by molar-refractivity contribution is 5.73. The molecule has 0 spiro atoms. The molecule has 1 aromatic heterocycles. The molecule has 1 fully saturated rings. The molecule has 1 N–H and O–H groups in total. The summed E-state index contributed by atoms with van der Waals surface area (Å²) in [7, 11) is 0. The number of aliphatic carboxylic acids is 1. The van der Waals surface area contributed by atoms with Crippen molar-refractivity contribution in [3.8, 4) is 5.75 Å². The van der Waals surface area contributed by atoms with Crippen molar-refractivity contribution < 1.29 is 14.6 Å². The fraction of sp³-hybridized carbons (Fsp3) is 0.333. The van der Waals surface area contributed by atoms with E-state index >= 15 is 0 Å². The van der Waals surface area contributed by atoms with Gasteiger partial charge in [-0.15, -0.1) is 0 Å². The number of rotatable bonds is 6. The Balaban J connectivity index is 1.56. The summed E-state index contributed by atoms with van der Waals surface area (Å²) in [6, 6.07) is 11.4. The molecule has 1 aromatic carbocycles. The molecule has 1 saturated heterocycles.